The highest BCUT2D eigenvalue weighted by atomic mass is 32.1. The molecular weight excluding hydrogens is 232 g/mol. The first kappa shape index (κ1) is 12.3. The molecule has 17 heavy (non-hydrogen) atoms. The summed E-state index contributed by atoms with van der Waals surface area (Å²) in [5, 5.41) is 7.76. The van der Waals surface area contributed by atoms with Gasteiger partial charge in [0, 0.05) is 35.9 Å². The van der Waals surface area contributed by atoms with Crippen LogP contribution in [0.25, 0.3) is 0 Å². The quantitative estimate of drug-likeness (QED) is 0.906. The molecule has 4 nitrogen and oxygen atoms in total. The van der Waals surface area contributed by atoms with E-state index in [9.17, 15) is 0 Å². The molecule has 1 N–H and O–H groups in total. The van der Waals surface area contributed by atoms with Crippen LogP contribution in [0.3, 0.4) is 0 Å². The topological polar surface area (TPSA) is 42.7 Å². The summed E-state index contributed by atoms with van der Waals surface area (Å²) >= 11 is 1.67. The average molecular weight is 250 g/mol. The van der Waals surface area contributed by atoms with E-state index in [2.05, 4.69) is 42.4 Å². The predicted octanol–water partition coefficient (Wildman–Crippen LogP) is 2.38. The minimum atomic E-state index is 0.0515. The SMILES string of the molecule is CC(C)(C)n1cc(CNCc2cncs2)cn1. The number of rotatable bonds is 4. The van der Waals surface area contributed by atoms with Crippen LogP contribution in [0.2, 0.25) is 0 Å². The number of thiazole rings is 1. The van der Waals surface area contributed by atoms with E-state index in [1.807, 2.05) is 22.6 Å². The molecule has 0 aliphatic rings. The fraction of sp³-hybridized carbons (Fsp3) is 0.500. The van der Waals surface area contributed by atoms with Crippen LogP contribution in [0.5, 0.6) is 0 Å². The Kier molecular flexibility index (Phi) is 3.59. The monoisotopic (exact) mass is 250 g/mol. The lowest BCUT2D eigenvalue weighted by Gasteiger charge is -2.18. The van der Waals surface area contributed by atoms with Gasteiger partial charge in [-0.05, 0) is 20.8 Å². The van der Waals surface area contributed by atoms with Crippen LogP contribution in [-0.4, -0.2) is 14.8 Å². The van der Waals surface area contributed by atoms with Crippen molar-refractivity contribution in [2.45, 2.75) is 39.4 Å². The summed E-state index contributed by atoms with van der Waals surface area (Å²) in [4.78, 5) is 5.30. The van der Waals surface area contributed by atoms with Crippen molar-refractivity contribution in [2.75, 3.05) is 0 Å². The summed E-state index contributed by atoms with van der Waals surface area (Å²) in [6, 6.07) is 0. The number of nitrogens with one attached hydrogen (secondary N) is 1. The van der Waals surface area contributed by atoms with Gasteiger partial charge in [-0.2, -0.15) is 5.10 Å². The van der Waals surface area contributed by atoms with Crippen molar-refractivity contribution in [1.82, 2.24) is 20.1 Å². The first-order chi connectivity index (χ1) is 8.05. The van der Waals surface area contributed by atoms with Crippen molar-refractivity contribution in [3.05, 3.63) is 34.5 Å². The molecule has 92 valence electrons. The molecular formula is C12H18N4S. The Morgan fingerprint density at radius 1 is 1.29 bits per heavy atom. The van der Waals surface area contributed by atoms with Crippen molar-refractivity contribution in [2.24, 2.45) is 0 Å². The van der Waals surface area contributed by atoms with E-state index < -0.39 is 0 Å². The molecule has 5 heteroatoms. The van der Waals surface area contributed by atoms with Crippen LogP contribution < -0.4 is 5.32 Å². The van der Waals surface area contributed by atoms with Gasteiger partial charge in [0.1, 0.15) is 0 Å². The third kappa shape index (κ3) is 3.38. The summed E-state index contributed by atoms with van der Waals surface area (Å²) in [5.41, 5.74) is 3.12. The van der Waals surface area contributed by atoms with Gasteiger partial charge in [0.15, 0.2) is 0 Å². The fourth-order valence-electron chi connectivity index (χ4n) is 1.48. The third-order valence-corrected chi connectivity index (χ3v) is 3.21. The van der Waals surface area contributed by atoms with Gasteiger partial charge in [-0.15, -0.1) is 11.3 Å². The lowest BCUT2D eigenvalue weighted by atomic mass is 10.1. The van der Waals surface area contributed by atoms with Gasteiger partial charge in [-0.25, -0.2) is 0 Å². The van der Waals surface area contributed by atoms with Crippen molar-refractivity contribution in [3.8, 4) is 0 Å². The van der Waals surface area contributed by atoms with Gasteiger partial charge in [0.2, 0.25) is 0 Å². The third-order valence-electron chi connectivity index (χ3n) is 2.44. The molecule has 2 aromatic rings. The highest BCUT2D eigenvalue weighted by molar-refractivity contribution is 7.09. The predicted molar refractivity (Wildman–Crippen MR) is 69.9 cm³/mol. The molecule has 0 aliphatic carbocycles. The van der Waals surface area contributed by atoms with Crippen molar-refractivity contribution in [3.63, 3.8) is 0 Å². The second kappa shape index (κ2) is 4.98. The summed E-state index contributed by atoms with van der Waals surface area (Å²) < 4.78 is 2.00. The lowest BCUT2D eigenvalue weighted by molar-refractivity contribution is 0.355. The van der Waals surface area contributed by atoms with Crippen molar-refractivity contribution >= 4 is 11.3 Å². The molecule has 0 atom stereocenters. The van der Waals surface area contributed by atoms with E-state index >= 15 is 0 Å². The summed E-state index contributed by atoms with van der Waals surface area (Å²) in [5.74, 6) is 0. The fourth-order valence-corrected chi connectivity index (χ4v) is 2.04. The number of nitrogens with zero attached hydrogens (tertiary/aromatic N) is 3. The molecule has 0 aliphatic heterocycles. The van der Waals surface area contributed by atoms with Gasteiger partial charge in [-0.1, -0.05) is 0 Å². The maximum Gasteiger partial charge on any atom is 0.0794 e. The molecule has 0 fully saturated rings. The number of aromatic nitrogens is 3. The van der Waals surface area contributed by atoms with E-state index in [0.29, 0.717) is 0 Å². The highest BCUT2D eigenvalue weighted by Crippen LogP contribution is 2.13. The van der Waals surface area contributed by atoms with E-state index in [1.165, 1.54) is 10.4 Å². The van der Waals surface area contributed by atoms with Gasteiger partial charge in [0.05, 0.1) is 17.2 Å². The maximum absolute atomic E-state index is 4.37. The van der Waals surface area contributed by atoms with Crippen LogP contribution in [0.4, 0.5) is 0 Å². The molecule has 0 saturated heterocycles. The zero-order valence-corrected chi connectivity index (χ0v) is 11.3. The number of hydrogen-bond donors (Lipinski definition) is 1. The minimum absolute atomic E-state index is 0.0515. The zero-order chi connectivity index (χ0) is 12.3. The Balaban J connectivity index is 1.85. The van der Waals surface area contributed by atoms with Crippen LogP contribution in [0.1, 0.15) is 31.2 Å². The molecule has 0 bridgehead atoms. The first-order valence-electron chi connectivity index (χ1n) is 5.68. The molecule has 0 spiro atoms. The van der Waals surface area contributed by atoms with E-state index in [0.717, 1.165) is 13.1 Å². The van der Waals surface area contributed by atoms with Crippen LogP contribution >= 0.6 is 11.3 Å². The Morgan fingerprint density at radius 2 is 2.12 bits per heavy atom. The van der Waals surface area contributed by atoms with Crippen LogP contribution in [0, 0.1) is 0 Å². The van der Waals surface area contributed by atoms with Gasteiger partial charge < -0.3 is 5.32 Å². The molecule has 0 saturated carbocycles. The first-order valence-corrected chi connectivity index (χ1v) is 6.56. The smallest absolute Gasteiger partial charge is 0.0794 e. The highest BCUT2D eigenvalue weighted by Gasteiger charge is 2.13. The van der Waals surface area contributed by atoms with Crippen molar-refractivity contribution < 1.29 is 0 Å². The van der Waals surface area contributed by atoms with Gasteiger partial charge >= 0.3 is 0 Å². The van der Waals surface area contributed by atoms with Crippen LogP contribution in [-0.2, 0) is 18.6 Å². The summed E-state index contributed by atoms with van der Waals surface area (Å²) in [7, 11) is 0. The Morgan fingerprint density at radius 3 is 2.71 bits per heavy atom. The second-order valence-electron chi connectivity index (χ2n) is 5.04. The molecule has 2 aromatic heterocycles. The lowest BCUT2D eigenvalue weighted by Crippen LogP contribution is -2.22. The van der Waals surface area contributed by atoms with Crippen molar-refractivity contribution in [1.29, 1.82) is 0 Å². The Bertz CT molecular complexity index is 453. The standard InChI is InChI=1S/C12H18N4S/c1-12(2,3)16-8-10(5-15-16)4-13-6-11-7-14-9-17-11/h5,7-9,13H,4,6H2,1-3H3. The Hall–Kier alpha value is -1.20. The molecule has 0 amide bonds. The van der Waals surface area contributed by atoms with E-state index in [4.69, 9.17) is 0 Å². The number of hydrogen-bond acceptors (Lipinski definition) is 4. The maximum atomic E-state index is 4.37. The second-order valence-corrected chi connectivity index (χ2v) is 6.01. The van der Waals surface area contributed by atoms with E-state index in [1.54, 1.807) is 11.3 Å². The van der Waals surface area contributed by atoms with E-state index in [-0.39, 0.29) is 5.54 Å². The van der Waals surface area contributed by atoms with Gasteiger partial charge in [0.25, 0.3) is 0 Å². The van der Waals surface area contributed by atoms with Gasteiger partial charge in [-0.3, -0.25) is 9.67 Å². The van der Waals surface area contributed by atoms with Crippen LogP contribution in [0.15, 0.2) is 24.1 Å². The largest absolute Gasteiger partial charge is 0.308 e. The average Bonchev–Trinajstić information content (AvgIpc) is 2.86. The minimum Gasteiger partial charge on any atom is -0.308 e. The summed E-state index contributed by atoms with van der Waals surface area (Å²) in [6.45, 7) is 8.15. The zero-order valence-electron chi connectivity index (χ0n) is 10.5. The molecule has 0 aromatic carbocycles. The Labute approximate surface area is 106 Å². The molecule has 0 unspecified atom stereocenters. The summed E-state index contributed by atoms with van der Waals surface area (Å²) in [6.07, 6.45) is 5.92. The molecule has 2 heterocycles. The molecule has 2 rings (SSSR count). The normalized spacial score (nSPS) is 11.9. The molecule has 0 radical (unpaired) electrons.